The van der Waals surface area contributed by atoms with E-state index < -0.39 is 0 Å². The Bertz CT molecular complexity index is 1410. The van der Waals surface area contributed by atoms with E-state index in [1.54, 1.807) is 16.7 Å². The van der Waals surface area contributed by atoms with Gasteiger partial charge in [0.05, 0.1) is 9.49 Å². The number of rotatable bonds is 0. The van der Waals surface area contributed by atoms with Crippen molar-refractivity contribution in [1.82, 2.24) is 0 Å². The molecule has 2 unspecified atom stereocenters. The fraction of sp³-hybridized carbons (Fsp3) is 0.312. The van der Waals surface area contributed by atoms with Crippen LogP contribution in [0.15, 0.2) is 89.8 Å². The van der Waals surface area contributed by atoms with E-state index in [-0.39, 0.29) is 14.9 Å². The van der Waals surface area contributed by atoms with Gasteiger partial charge in [-0.2, -0.15) is 0 Å². The molecule has 2 spiro atoms. The van der Waals surface area contributed by atoms with Crippen molar-refractivity contribution in [3.63, 3.8) is 0 Å². The third-order valence-electron chi connectivity index (χ3n) is 8.41. The van der Waals surface area contributed by atoms with Crippen LogP contribution in [0, 0.1) is 11.3 Å². The summed E-state index contributed by atoms with van der Waals surface area (Å²) in [7, 11) is 0. The summed E-state index contributed by atoms with van der Waals surface area (Å²) in [6, 6.07) is 32.5. The van der Waals surface area contributed by atoms with Crippen LogP contribution in [0.5, 0.6) is 0 Å². The Morgan fingerprint density at radius 2 is 1.38 bits per heavy atom. The minimum absolute atomic E-state index is 0.0266. The van der Waals surface area contributed by atoms with E-state index in [0.29, 0.717) is 11.8 Å². The highest BCUT2D eigenvalue weighted by atomic mass is 32.2. The summed E-state index contributed by atoms with van der Waals surface area (Å²) in [6.07, 6.45) is 0. The van der Waals surface area contributed by atoms with Gasteiger partial charge in [-0.05, 0) is 56.0 Å². The molecule has 2 heteroatoms. The molecular formula is C32H30S2. The fourth-order valence-electron chi connectivity index (χ4n) is 7.12. The molecule has 0 amide bonds. The summed E-state index contributed by atoms with van der Waals surface area (Å²) in [5.74, 6) is 2.16. The zero-order valence-electron chi connectivity index (χ0n) is 20.3. The van der Waals surface area contributed by atoms with Crippen molar-refractivity contribution in [3.8, 4) is 0 Å². The normalized spacial score (nSPS) is 29.1. The molecule has 0 bridgehead atoms. The highest BCUT2D eigenvalue weighted by molar-refractivity contribution is 8.09. The Morgan fingerprint density at radius 3 is 2.06 bits per heavy atom. The molecule has 34 heavy (non-hydrogen) atoms. The zero-order valence-corrected chi connectivity index (χ0v) is 21.9. The van der Waals surface area contributed by atoms with E-state index in [1.165, 1.54) is 32.5 Å². The van der Waals surface area contributed by atoms with Gasteiger partial charge in [0.2, 0.25) is 0 Å². The Hall–Kier alpha value is -2.16. The van der Waals surface area contributed by atoms with Crippen molar-refractivity contribution in [2.75, 3.05) is 5.75 Å². The second kappa shape index (κ2) is 6.95. The van der Waals surface area contributed by atoms with Gasteiger partial charge in [-0.25, -0.2) is 0 Å². The van der Waals surface area contributed by atoms with E-state index in [9.17, 15) is 0 Å². The van der Waals surface area contributed by atoms with Crippen molar-refractivity contribution in [1.29, 1.82) is 0 Å². The van der Waals surface area contributed by atoms with Gasteiger partial charge in [0.25, 0.3) is 0 Å². The van der Waals surface area contributed by atoms with Crippen LogP contribution < -0.4 is 0 Å². The maximum atomic E-state index is 2.50. The van der Waals surface area contributed by atoms with Crippen LogP contribution in [0.25, 0.3) is 10.8 Å². The molecule has 0 radical (unpaired) electrons. The second-order valence-corrected chi connectivity index (χ2v) is 13.9. The summed E-state index contributed by atoms with van der Waals surface area (Å²) in [5, 5.41) is 2.80. The average Bonchev–Trinajstić information content (AvgIpc) is 3.51. The maximum absolute atomic E-state index is 2.50. The maximum Gasteiger partial charge on any atom is 0.0863 e. The Balaban J connectivity index is 1.59. The molecule has 4 aromatic carbocycles. The molecule has 2 heterocycles. The Labute approximate surface area is 211 Å². The molecule has 1 fully saturated rings. The first kappa shape index (κ1) is 21.1. The standard InChI is InChI=1S/C32H30S2/c1-20-19-33-27-18-17-21-11-5-6-12-22(21)29(27)31(20)32(34-31)25-15-9-7-13-23(25)28(30(2,3)4)24-14-8-10-16-26(24)32/h5-18,20,28H,19H2,1-4H3. The van der Waals surface area contributed by atoms with Crippen molar-refractivity contribution >= 4 is 34.3 Å². The predicted octanol–water partition coefficient (Wildman–Crippen LogP) is 8.96. The highest BCUT2D eigenvalue weighted by Gasteiger charge is 2.76. The summed E-state index contributed by atoms with van der Waals surface area (Å²) in [5.41, 5.74) is 7.90. The Kier molecular flexibility index (Phi) is 4.33. The van der Waals surface area contributed by atoms with Crippen molar-refractivity contribution in [3.05, 3.63) is 113 Å². The van der Waals surface area contributed by atoms with Gasteiger partial charge in [0.15, 0.2) is 0 Å². The van der Waals surface area contributed by atoms with Crippen LogP contribution in [0.1, 0.15) is 61.4 Å². The van der Waals surface area contributed by atoms with Crippen LogP contribution in [0.2, 0.25) is 0 Å². The number of hydrogen-bond acceptors (Lipinski definition) is 2. The molecule has 0 saturated carbocycles. The highest BCUT2D eigenvalue weighted by Crippen LogP contribution is 2.85. The van der Waals surface area contributed by atoms with Crippen LogP contribution in [-0.4, -0.2) is 5.75 Å². The summed E-state index contributed by atoms with van der Waals surface area (Å²) in [4.78, 5) is 1.48. The Morgan fingerprint density at radius 1 is 0.765 bits per heavy atom. The van der Waals surface area contributed by atoms with Gasteiger partial charge < -0.3 is 0 Å². The minimum Gasteiger partial charge on any atom is -0.129 e. The topological polar surface area (TPSA) is 0 Å². The molecule has 0 nitrogen and oxygen atoms in total. The predicted molar refractivity (Wildman–Crippen MR) is 148 cm³/mol. The zero-order chi connectivity index (χ0) is 23.3. The molecule has 0 N–H and O–H groups in total. The smallest absolute Gasteiger partial charge is 0.0863 e. The number of fused-ring (bicyclic) bond motifs is 9. The van der Waals surface area contributed by atoms with E-state index in [4.69, 9.17) is 0 Å². The molecular weight excluding hydrogens is 448 g/mol. The first-order valence-electron chi connectivity index (χ1n) is 12.4. The lowest BCUT2D eigenvalue weighted by Gasteiger charge is -2.44. The van der Waals surface area contributed by atoms with Crippen LogP contribution >= 0.6 is 23.5 Å². The van der Waals surface area contributed by atoms with Crippen LogP contribution in [-0.2, 0) is 9.49 Å². The second-order valence-electron chi connectivity index (χ2n) is 11.4. The van der Waals surface area contributed by atoms with Gasteiger partial charge in [-0.15, -0.1) is 23.5 Å². The molecule has 170 valence electrons. The number of benzene rings is 4. The van der Waals surface area contributed by atoms with Gasteiger partial charge in [-0.3, -0.25) is 0 Å². The molecule has 2 aliphatic heterocycles. The van der Waals surface area contributed by atoms with Crippen molar-refractivity contribution < 1.29 is 0 Å². The molecule has 3 aliphatic rings. The third kappa shape index (κ3) is 2.49. The van der Waals surface area contributed by atoms with E-state index in [2.05, 4.69) is 136 Å². The molecule has 1 saturated heterocycles. The van der Waals surface area contributed by atoms with Crippen molar-refractivity contribution in [2.45, 2.75) is 48.0 Å². The van der Waals surface area contributed by atoms with Crippen LogP contribution in [0.4, 0.5) is 0 Å². The molecule has 7 rings (SSSR count). The number of thioether (sulfide) groups is 2. The van der Waals surface area contributed by atoms with Gasteiger partial charge in [-0.1, -0.05) is 107 Å². The SMILES string of the molecule is CC1CSc2ccc3ccccc3c2C12SC21c2ccccc2C(C(C)(C)C)c2ccccc21. The van der Waals surface area contributed by atoms with E-state index in [0.717, 1.165) is 0 Å². The third-order valence-corrected chi connectivity index (χ3v) is 11.8. The summed E-state index contributed by atoms with van der Waals surface area (Å²) < 4.78 is 0.0325. The largest absolute Gasteiger partial charge is 0.129 e. The quantitative estimate of drug-likeness (QED) is 0.231. The average molecular weight is 479 g/mol. The van der Waals surface area contributed by atoms with Gasteiger partial charge in [0.1, 0.15) is 0 Å². The lowest BCUT2D eigenvalue weighted by molar-refractivity contribution is 0.341. The summed E-state index contributed by atoms with van der Waals surface area (Å²) in [6.45, 7) is 9.71. The van der Waals surface area contributed by atoms with Crippen molar-refractivity contribution in [2.24, 2.45) is 11.3 Å². The molecule has 4 aromatic rings. The van der Waals surface area contributed by atoms with Crippen LogP contribution in [0.3, 0.4) is 0 Å². The minimum atomic E-state index is -0.0266. The molecule has 1 aliphatic carbocycles. The lowest BCUT2D eigenvalue weighted by Crippen LogP contribution is -2.39. The molecule has 0 aromatic heterocycles. The van der Waals surface area contributed by atoms with E-state index >= 15 is 0 Å². The van der Waals surface area contributed by atoms with Gasteiger partial charge in [0, 0.05) is 16.6 Å². The fourth-order valence-corrected chi connectivity index (χ4v) is 10.7. The first-order valence-corrected chi connectivity index (χ1v) is 14.2. The number of hydrogen-bond donors (Lipinski definition) is 0. The molecule has 2 atom stereocenters. The first-order chi connectivity index (χ1) is 16.4. The van der Waals surface area contributed by atoms with E-state index in [1.807, 2.05) is 0 Å². The van der Waals surface area contributed by atoms with Gasteiger partial charge >= 0.3 is 0 Å². The monoisotopic (exact) mass is 478 g/mol. The summed E-state index contributed by atoms with van der Waals surface area (Å²) >= 11 is 4.29. The lowest BCUT2D eigenvalue weighted by atomic mass is 9.59.